The number of nitrogens with one attached hydrogen (secondary N) is 1. The van der Waals surface area contributed by atoms with E-state index in [2.05, 4.69) is 5.32 Å². The summed E-state index contributed by atoms with van der Waals surface area (Å²) in [6.07, 6.45) is -0.0757. The molecule has 1 N–H and O–H groups in total. The first-order valence-corrected chi connectivity index (χ1v) is 9.82. The van der Waals surface area contributed by atoms with E-state index in [0.717, 1.165) is 37.8 Å². The number of hydrogen-bond donors (Lipinski definition) is 1. The number of nitrogens with zero attached hydrogens (tertiary/aromatic N) is 2. The number of piperazine rings is 1. The second kappa shape index (κ2) is 8.84. The molecule has 1 saturated carbocycles. The molecular formula is C20H26F3N3O2. The Hall–Kier alpha value is -2.25. The number of benzene rings is 1. The minimum absolute atomic E-state index is 0.0320. The summed E-state index contributed by atoms with van der Waals surface area (Å²) in [6.45, 7) is 2.24. The highest BCUT2D eigenvalue weighted by molar-refractivity contribution is 5.80. The summed E-state index contributed by atoms with van der Waals surface area (Å²) in [5.41, 5.74) is -0.146. The molecule has 5 nitrogen and oxygen atoms in total. The number of amides is 2. The van der Waals surface area contributed by atoms with Gasteiger partial charge in [0.2, 0.25) is 11.8 Å². The molecule has 2 fully saturated rings. The van der Waals surface area contributed by atoms with E-state index in [9.17, 15) is 22.8 Å². The zero-order valence-corrected chi connectivity index (χ0v) is 15.8. The van der Waals surface area contributed by atoms with E-state index in [0.29, 0.717) is 38.4 Å². The molecule has 0 aromatic heterocycles. The summed E-state index contributed by atoms with van der Waals surface area (Å²) in [5.74, 6) is 0.0983. The molecule has 2 amide bonds. The van der Waals surface area contributed by atoms with E-state index in [-0.39, 0.29) is 24.2 Å². The predicted octanol–water partition coefficient (Wildman–Crippen LogP) is 3.05. The van der Waals surface area contributed by atoms with Gasteiger partial charge in [0.05, 0.1) is 5.56 Å². The van der Waals surface area contributed by atoms with Gasteiger partial charge in [0.1, 0.15) is 0 Å². The number of anilines is 1. The Morgan fingerprint density at radius 3 is 2.39 bits per heavy atom. The number of carbonyl (C=O) groups excluding carboxylic acids is 2. The number of hydrogen-bond acceptors (Lipinski definition) is 3. The topological polar surface area (TPSA) is 52.7 Å². The molecule has 8 heteroatoms. The summed E-state index contributed by atoms with van der Waals surface area (Å²) in [7, 11) is 0. The quantitative estimate of drug-likeness (QED) is 0.831. The van der Waals surface area contributed by atoms with Crippen LogP contribution in [0.15, 0.2) is 24.3 Å². The fourth-order valence-electron chi connectivity index (χ4n) is 3.88. The minimum Gasteiger partial charge on any atom is -0.368 e. The summed E-state index contributed by atoms with van der Waals surface area (Å²) < 4.78 is 38.6. The van der Waals surface area contributed by atoms with Gasteiger partial charge in [-0.2, -0.15) is 13.2 Å². The van der Waals surface area contributed by atoms with Crippen molar-refractivity contribution in [1.82, 2.24) is 10.2 Å². The van der Waals surface area contributed by atoms with Crippen LogP contribution in [0.2, 0.25) is 0 Å². The van der Waals surface area contributed by atoms with E-state index in [1.807, 2.05) is 4.90 Å². The van der Waals surface area contributed by atoms with Gasteiger partial charge in [-0.15, -0.1) is 0 Å². The van der Waals surface area contributed by atoms with Crippen molar-refractivity contribution in [3.05, 3.63) is 29.8 Å². The molecule has 0 unspecified atom stereocenters. The molecule has 1 aliphatic carbocycles. The maximum absolute atomic E-state index is 12.9. The Labute approximate surface area is 162 Å². The molecular weight excluding hydrogens is 371 g/mol. The molecule has 3 rings (SSSR count). The first-order chi connectivity index (χ1) is 13.3. The fraction of sp³-hybridized carbons (Fsp3) is 0.600. The number of alkyl halides is 3. The van der Waals surface area contributed by atoms with Gasteiger partial charge >= 0.3 is 6.18 Å². The number of carbonyl (C=O) groups is 2. The molecule has 1 saturated heterocycles. The lowest BCUT2D eigenvalue weighted by atomic mass is 10.1. The highest BCUT2D eigenvalue weighted by Gasteiger charge is 2.31. The van der Waals surface area contributed by atoms with Gasteiger partial charge in [-0.3, -0.25) is 9.59 Å². The van der Waals surface area contributed by atoms with Crippen molar-refractivity contribution in [1.29, 1.82) is 0 Å². The molecule has 1 aromatic rings. The smallest absolute Gasteiger partial charge is 0.368 e. The normalized spacial score (nSPS) is 18.4. The van der Waals surface area contributed by atoms with Gasteiger partial charge in [-0.1, -0.05) is 18.9 Å². The lowest BCUT2D eigenvalue weighted by Crippen LogP contribution is -2.49. The van der Waals surface area contributed by atoms with Crippen LogP contribution in [0.3, 0.4) is 0 Å². The fourth-order valence-corrected chi connectivity index (χ4v) is 3.88. The molecule has 1 heterocycles. The standard InChI is InChI=1S/C20H26F3N3O2/c21-20(22,23)16-6-3-7-17(14-16)25-10-12-26(13-11-25)18(27)8-9-24-19(28)15-4-1-2-5-15/h3,6-7,14-15H,1-2,4-5,8-13H2,(H,24,28). The summed E-state index contributed by atoms with van der Waals surface area (Å²) in [5, 5.41) is 2.85. The third-order valence-corrected chi connectivity index (χ3v) is 5.54. The molecule has 0 bridgehead atoms. The Balaban J connectivity index is 1.43. The van der Waals surface area contributed by atoms with E-state index in [1.165, 1.54) is 6.07 Å². The van der Waals surface area contributed by atoms with Gasteiger partial charge in [0, 0.05) is 50.7 Å². The minimum atomic E-state index is -4.36. The Morgan fingerprint density at radius 1 is 1.07 bits per heavy atom. The molecule has 2 aliphatic rings. The average molecular weight is 397 g/mol. The molecule has 0 radical (unpaired) electrons. The van der Waals surface area contributed by atoms with E-state index in [4.69, 9.17) is 0 Å². The van der Waals surface area contributed by atoms with Crippen molar-refractivity contribution >= 4 is 17.5 Å². The Bertz CT molecular complexity index is 694. The Morgan fingerprint density at radius 2 is 1.75 bits per heavy atom. The number of rotatable bonds is 5. The van der Waals surface area contributed by atoms with Crippen LogP contribution in [-0.2, 0) is 15.8 Å². The van der Waals surface area contributed by atoms with Gasteiger partial charge in [-0.25, -0.2) is 0 Å². The Kier molecular flexibility index (Phi) is 6.46. The maximum Gasteiger partial charge on any atom is 0.416 e. The van der Waals surface area contributed by atoms with Crippen LogP contribution in [0.25, 0.3) is 0 Å². The lowest BCUT2D eigenvalue weighted by Gasteiger charge is -2.36. The van der Waals surface area contributed by atoms with Crippen LogP contribution in [0.1, 0.15) is 37.7 Å². The summed E-state index contributed by atoms with van der Waals surface area (Å²) >= 11 is 0. The monoisotopic (exact) mass is 397 g/mol. The molecule has 28 heavy (non-hydrogen) atoms. The van der Waals surface area contributed by atoms with E-state index >= 15 is 0 Å². The van der Waals surface area contributed by atoms with Gasteiger partial charge in [-0.05, 0) is 31.0 Å². The van der Waals surface area contributed by atoms with Crippen LogP contribution in [0, 0.1) is 5.92 Å². The first kappa shape index (κ1) is 20.5. The first-order valence-electron chi connectivity index (χ1n) is 9.82. The van der Waals surface area contributed by atoms with Crippen molar-refractivity contribution in [3.8, 4) is 0 Å². The number of halogens is 3. The van der Waals surface area contributed by atoms with Gasteiger partial charge in [0.25, 0.3) is 0 Å². The van der Waals surface area contributed by atoms with Crippen LogP contribution < -0.4 is 10.2 Å². The zero-order valence-electron chi connectivity index (χ0n) is 15.8. The maximum atomic E-state index is 12.9. The second-order valence-electron chi connectivity index (χ2n) is 7.44. The molecule has 154 valence electrons. The van der Waals surface area contributed by atoms with Crippen LogP contribution >= 0.6 is 0 Å². The third kappa shape index (κ3) is 5.17. The van der Waals surface area contributed by atoms with E-state index in [1.54, 1.807) is 11.0 Å². The second-order valence-corrected chi connectivity index (χ2v) is 7.44. The van der Waals surface area contributed by atoms with Crippen molar-refractivity contribution in [2.45, 2.75) is 38.3 Å². The van der Waals surface area contributed by atoms with Crippen molar-refractivity contribution in [2.24, 2.45) is 5.92 Å². The lowest BCUT2D eigenvalue weighted by molar-refractivity contribution is -0.137. The average Bonchev–Trinajstić information content (AvgIpc) is 3.22. The highest BCUT2D eigenvalue weighted by Crippen LogP contribution is 2.32. The predicted molar refractivity (Wildman–Crippen MR) is 99.8 cm³/mol. The third-order valence-electron chi connectivity index (χ3n) is 5.54. The van der Waals surface area contributed by atoms with Gasteiger partial charge < -0.3 is 15.1 Å². The highest BCUT2D eigenvalue weighted by atomic mass is 19.4. The molecule has 1 aromatic carbocycles. The molecule has 1 aliphatic heterocycles. The van der Waals surface area contributed by atoms with Crippen LogP contribution in [0.4, 0.5) is 18.9 Å². The largest absolute Gasteiger partial charge is 0.416 e. The molecule has 0 spiro atoms. The summed E-state index contributed by atoms with van der Waals surface area (Å²) in [6, 6.07) is 5.27. The zero-order chi connectivity index (χ0) is 20.1. The van der Waals surface area contributed by atoms with Crippen molar-refractivity contribution in [3.63, 3.8) is 0 Å². The van der Waals surface area contributed by atoms with Crippen molar-refractivity contribution in [2.75, 3.05) is 37.6 Å². The van der Waals surface area contributed by atoms with Crippen LogP contribution in [-0.4, -0.2) is 49.4 Å². The van der Waals surface area contributed by atoms with Crippen molar-refractivity contribution < 1.29 is 22.8 Å². The van der Waals surface area contributed by atoms with Crippen LogP contribution in [0.5, 0.6) is 0 Å². The van der Waals surface area contributed by atoms with E-state index < -0.39 is 11.7 Å². The van der Waals surface area contributed by atoms with Gasteiger partial charge in [0.15, 0.2) is 0 Å². The summed E-state index contributed by atoms with van der Waals surface area (Å²) in [4.78, 5) is 27.9. The molecule has 0 atom stereocenters. The SMILES string of the molecule is O=C(NCCC(=O)N1CCN(c2cccc(C(F)(F)F)c2)CC1)C1CCCC1.